The maximum atomic E-state index is 13.5. The number of nitrogens with zero attached hydrogens (tertiary/aromatic N) is 2. The van der Waals surface area contributed by atoms with Crippen molar-refractivity contribution in [3.8, 4) is 22.4 Å². The number of rotatable bonds is 7. The highest BCUT2D eigenvalue weighted by atomic mass is 19.1. The van der Waals surface area contributed by atoms with Gasteiger partial charge in [0.1, 0.15) is 18.7 Å². The van der Waals surface area contributed by atoms with Gasteiger partial charge in [-0.3, -0.25) is 0 Å². The lowest BCUT2D eigenvalue weighted by atomic mass is 10.0. The van der Waals surface area contributed by atoms with Crippen LogP contribution >= 0.6 is 0 Å². The van der Waals surface area contributed by atoms with Crippen molar-refractivity contribution < 1.29 is 13.3 Å². The van der Waals surface area contributed by atoms with E-state index in [0.29, 0.717) is 0 Å². The molecule has 0 aliphatic rings. The average Bonchev–Trinajstić information content (AvgIpc) is 2.85. The minimum Gasteiger partial charge on any atom is -0.375 e. The van der Waals surface area contributed by atoms with E-state index in [2.05, 4.69) is 72.0 Å². The fraction of sp³-hybridized carbons (Fsp3) is 0.167. The van der Waals surface area contributed by atoms with Crippen LogP contribution in [0.3, 0.4) is 0 Å². The molecule has 0 unspecified atom stereocenters. The van der Waals surface area contributed by atoms with Gasteiger partial charge in [0.25, 0.3) is 0 Å². The van der Waals surface area contributed by atoms with Crippen molar-refractivity contribution in [1.82, 2.24) is 0 Å². The predicted octanol–water partition coefficient (Wildman–Crippen LogP) is 7.14. The molecule has 0 saturated heterocycles. The molecule has 0 aliphatic carbocycles. The molecule has 4 aromatic rings. The molecule has 4 heteroatoms. The molecular formula is C30H29F2N2+. The van der Waals surface area contributed by atoms with Gasteiger partial charge >= 0.3 is 0 Å². The second-order valence-corrected chi connectivity index (χ2v) is 8.47. The summed E-state index contributed by atoms with van der Waals surface area (Å²) in [5.41, 5.74) is 7.01. The molecule has 2 nitrogen and oxygen atoms in total. The van der Waals surface area contributed by atoms with Gasteiger partial charge < -0.3 is 4.90 Å². The third kappa shape index (κ3) is 5.40. The Hall–Kier alpha value is -3.79. The van der Waals surface area contributed by atoms with Crippen molar-refractivity contribution in [3.05, 3.63) is 108 Å². The zero-order valence-corrected chi connectivity index (χ0v) is 19.8. The number of hydrogen-bond donors (Lipinski definition) is 0. The van der Waals surface area contributed by atoms with E-state index in [4.69, 9.17) is 0 Å². The van der Waals surface area contributed by atoms with Crippen LogP contribution in [-0.2, 0) is 7.05 Å². The Kier molecular flexibility index (Phi) is 7.17. The smallest absolute Gasteiger partial charge is 0.213 e. The number of pyridine rings is 1. The Bertz CT molecular complexity index is 1280. The molecule has 0 spiro atoms. The molecule has 0 bridgehead atoms. The summed E-state index contributed by atoms with van der Waals surface area (Å²) in [5, 5.41) is 0. The van der Waals surface area contributed by atoms with Crippen LogP contribution in [0, 0.1) is 11.6 Å². The summed E-state index contributed by atoms with van der Waals surface area (Å²) in [4.78, 5) is 2.24. The monoisotopic (exact) mass is 455 g/mol. The van der Waals surface area contributed by atoms with Crippen molar-refractivity contribution in [3.63, 3.8) is 0 Å². The largest absolute Gasteiger partial charge is 0.375 e. The topological polar surface area (TPSA) is 7.12 Å². The van der Waals surface area contributed by atoms with E-state index in [0.717, 1.165) is 46.6 Å². The van der Waals surface area contributed by atoms with E-state index in [9.17, 15) is 8.78 Å². The van der Waals surface area contributed by atoms with E-state index in [-0.39, 0.29) is 11.6 Å². The Morgan fingerprint density at radius 2 is 1.32 bits per heavy atom. The Balaban J connectivity index is 1.73. The first kappa shape index (κ1) is 23.4. The van der Waals surface area contributed by atoms with Gasteiger partial charge in [-0.05, 0) is 77.7 Å². The number of halogens is 2. The van der Waals surface area contributed by atoms with Gasteiger partial charge in [0.15, 0.2) is 0 Å². The third-order valence-electron chi connectivity index (χ3n) is 6.00. The SMILES string of the molecule is CCCN(C)c1ccc(/C=C/c2cc(-c3ccc(F)cc3)cc(-c3ccc(F)cc3)[n+]2C)cc1. The highest BCUT2D eigenvalue weighted by Crippen LogP contribution is 2.26. The van der Waals surface area contributed by atoms with E-state index < -0.39 is 0 Å². The lowest BCUT2D eigenvalue weighted by Crippen LogP contribution is -2.34. The molecule has 0 aliphatic heterocycles. The number of benzene rings is 3. The first-order chi connectivity index (χ1) is 16.4. The number of hydrogen-bond acceptors (Lipinski definition) is 1. The van der Waals surface area contributed by atoms with Gasteiger partial charge in [-0.1, -0.05) is 31.2 Å². The maximum Gasteiger partial charge on any atom is 0.213 e. The van der Waals surface area contributed by atoms with Crippen LogP contribution in [0.5, 0.6) is 0 Å². The van der Waals surface area contributed by atoms with E-state index >= 15 is 0 Å². The molecule has 0 fully saturated rings. The highest BCUT2D eigenvalue weighted by Gasteiger charge is 2.17. The van der Waals surface area contributed by atoms with E-state index in [1.807, 2.05) is 7.05 Å². The van der Waals surface area contributed by atoms with Crippen LogP contribution in [0.4, 0.5) is 14.5 Å². The number of aromatic nitrogens is 1. The number of anilines is 1. The predicted molar refractivity (Wildman–Crippen MR) is 137 cm³/mol. The molecule has 0 radical (unpaired) electrons. The average molecular weight is 456 g/mol. The van der Waals surface area contributed by atoms with Crippen molar-refractivity contribution in [2.45, 2.75) is 13.3 Å². The maximum absolute atomic E-state index is 13.5. The summed E-state index contributed by atoms with van der Waals surface area (Å²) in [5.74, 6) is -0.536. The highest BCUT2D eigenvalue weighted by molar-refractivity contribution is 5.74. The van der Waals surface area contributed by atoms with Crippen LogP contribution in [0.1, 0.15) is 24.6 Å². The van der Waals surface area contributed by atoms with Crippen molar-refractivity contribution in [1.29, 1.82) is 0 Å². The van der Waals surface area contributed by atoms with Crippen LogP contribution in [0.2, 0.25) is 0 Å². The molecule has 1 heterocycles. The van der Waals surface area contributed by atoms with Crippen molar-refractivity contribution in [2.75, 3.05) is 18.5 Å². The van der Waals surface area contributed by atoms with Crippen LogP contribution in [0.15, 0.2) is 84.9 Å². The van der Waals surface area contributed by atoms with Gasteiger partial charge in [-0.2, -0.15) is 4.57 Å². The summed E-state index contributed by atoms with van der Waals surface area (Å²) in [7, 11) is 4.10. The fourth-order valence-electron chi connectivity index (χ4n) is 4.03. The zero-order valence-electron chi connectivity index (χ0n) is 19.8. The van der Waals surface area contributed by atoms with Crippen molar-refractivity contribution in [2.24, 2.45) is 7.05 Å². The molecule has 172 valence electrons. The van der Waals surface area contributed by atoms with Gasteiger partial charge in [-0.25, -0.2) is 8.78 Å². The molecule has 0 atom stereocenters. The molecule has 0 saturated carbocycles. The molecular weight excluding hydrogens is 426 g/mol. The second-order valence-electron chi connectivity index (χ2n) is 8.47. The summed E-state index contributed by atoms with van der Waals surface area (Å²) in [6.07, 6.45) is 5.27. The minimum absolute atomic E-state index is 0.267. The van der Waals surface area contributed by atoms with Gasteiger partial charge in [0.05, 0.1) is 0 Å². The molecule has 1 aromatic heterocycles. The molecule has 0 N–H and O–H groups in total. The van der Waals surface area contributed by atoms with Gasteiger partial charge in [0.2, 0.25) is 11.4 Å². The summed E-state index contributed by atoms with van der Waals surface area (Å²) in [6.45, 7) is 3.20. The standard InChI is InChI=1S/C30H29F2N2/c1-4-19-33(2)28-16-5-22(6-17-28)7-18-29-20-25(23-8-12-26(31)13-9-23)21-30(34(29)3)24-10-14-27(32)15-11-24/h5-18,20-21H,4,19H2,1-3H3/q+1. The first-order valence-electron chi connectivity index (χ1n) is 11.5. The Morgan fingerprint density at radius 1 is 0.735 bits per heavy atom. The summed E-state index contributed by atoms with van der Waals surface area (Å²) < 4.78 is 29.1. The first-order valence-corrected chi connectivity index (χ1v) is 11.5. The van der Waals surface area contributed by atoms with Gasteiger partial charge in [0, 0.05) is 43.1 Å². The fourth-order valence-corrected chi connectivity index (χ4v) is 4.03. The summed E-state index contributed by atoms with van der Waals surface area (Å²) in [6, 6.07) is 25.6. The van der Waals surface area contributed by atoms with Crippen LogP contribution in [0.25, 0.3) is 34.5 Å². The van der Waals surface area contributed by atoms with E-state index in [1.54, 1.807) is 24.3 Å². The third-order valence-corrected chi connectivity index (χ3v) is 6.00. The van der Waals surface area contributed by atoms with Gasteiger partial charge in [-0.15, -0.1) is 0 Å². The molecule has 34 heavy (non-hydrogen) atoms. The zero-order chi connectivity index (χ0) is 24.1. The van der Waals surface area contributed by atoms with Crippen LogP contribution < -0.4 is 9.47 Å². The minimum atomic E-state index is -0.269. The summed E-state index contributed by atoms with van der Waals surface area (Å²) >= 11 is 0. The lowest BCUT2D eigenvalue weighted by Gasteiger charge is -2.18. The quantitative estimate of drug-likeness (QED) is 0.269. The normalized spacial score (nSPS) is 11.2. The molecule has 3 aromatic carbocycles. The Labute approximate surface area is 200 Å². The Morgan fingerprint density at radius 3 is 1.91 bits per heavy atom. The van der Waals surface area contributed by atoms with E-state index in [1.165, 1.54) is 30.0 Å². The lowest BCUT2D eigenvalue weighted by molar-refractivity contribution is -0.662. The van der Waals surface area contributed by atoms with Crippen molar-refractivity contribution >= 4 is 17.8 Å². The van der Waals surface area contributed by atoms with Crippen LogP contribution in [-0.4, -0.2) is 13.6 Å². The second kappa shape index (κ2) is 10.4. The molecule has 4 rings (SSSR count). The molecule has 0 amide bonds.